The van der Waals surface area contributed by atoms with Crippen molar-refractivity contribution in [2.45, 2.75) is 51.7 Å². The Morgan fingerprint density at radius 1 is 1.10 bits per heavy atom. The van der Waals surface area contributed by atoms with Crippen LogP contribution in [0.4, 0.5) is 0 Å². The third kappa shape index (κ3) is 4.41. The summed E-state index contributed by atoms with van der Waals surface area (Å²) in [5.41, 5.74) is 4.85. The van der Waals surface area contributed by atoms with Crippen LogP contribution >= 0.6 is 11.6 Å². The Morgan fingerprint density at radius 3 is 2.53 bits per heavy atom. The average molecular weight is 426 g/mol. The Bertz CT molecular complexity index is 892. The van der Waals surface area contributed by atoms with Gasteiger partial charge in [-0.3, -0.25) is 9.69 Å². The van der Waals surface area contributed by atoms with Crippen molar-refractivity contribution in [3.05, 3.63) is 69.7 Å². The highest BCUT2D eigenvalue weighted by Crippen LogP contribution is 2.36. The molecule has 4 rings (SSSR count). The first-order valence-corrected chi connectivity index (χ1v) is 11.5. The number of rotatable bonds is 6. The Balaban J connectivity index is 1.49. The number of piperazine rings is 1. The topological polar surface area (TPSA) is 35.6 Å². The van der Waals surface area contributed by atoms with Crippen LogP contribution in [0.2, 0.25) is 5.02 Å². The first-order chi connectivity index (χ1) is 14.5. The highest BCUT2D eigenvalue weighted by Gasteiger charge is 2.36. The van der Waals surface area contributed by atoms with Crippen molar-refractivity contribution in [1.82, 2.24) is 15.1 Å². The number of amides is 1. The fourth-order valence-corrected chi connectivity index (χ4v) is 4.79. The predicted molar refractivity (Wildman–Crippen MR) is 123 cm³/mol. The maximum Gasteiger partial charge on any atom is 0.254 e. The molecule has 2 aliphatic rings. The predicted octanol–water partition coefficient (Wildman–Crippen LogP) is 4.50. The lowest BCUT2D eigenvalue weighted by atomic mass is 9.89. The molecule has 1 fully saturated rings. The van der Waals surface area contributed by atoms with Crippen LogP contribution in [0.3, 0.4) is 0 Å². The Kier molecular flexibility index (Phi) is 6.47. The second kappa shape index (κ2) is 9.09. The fraction of sp³-hybridized carbons (Fsp3) is 0.480. The molecule has 1 saturated heterocycles. The van der Waals surface area contributed by atoms with E-state index in [4.69, 9.17) is 11.6 Å². The van der Waals surface area contributed by atoms with Crippen molar-refractivity contribution < 1.29 is 4.79 Å². The van der Waals surface area contributed by atoms with E-state index >= 15 is 0 Å². The Morgan fingerprint density at radius 2 is 1.83 bits per heavy atom. The highest BCUT2D eigenvalue weighted by atomic mass is 35.5. The number of nitrogens with one attached hydrogen (secondary N) is 1. The number of aryl methyl sites for hydroxylation is 1. The summed E-state index contributed by atoms with van der Waals surface area (Å²) in [7, 11) is 0. The summed E-state index contributed by atoms with van der Waals surface area (Å²) in [4.78, 5) is 17.8. The third-order valence-electron chi connectivity index (χ3n) is 7.01. The molecule has 1 amide bonds. The van der Waals surface area contributed by atoms with Crippen molar-refractivity contribution in [2.75, 3.05) is 26.2 Å². The molecule has 0 spiro atoms. The van der Waals surface area contributed by atoms with Gasteiger partial charge < -0.3 is 10.2 Å². The summed E-state index contributed by atoms with van der Waals surface area (Å²) in [6.45, 7) is 9.76. The molecule has 30 heavy (non-hydrogen) atoms. The van der Waals surface area contributed by atoms with Crippen LogP contribution in [0.1, 0.15) is 53.7 Å². The van der Waals surface area contributed by atoms with E-state index in [-0.39, 0.29) is 11.4 Å². The number of halogens is 1. The second-order valence-electron chi connectivity index (χ2n) is 8.82. The van der Waals surface area contributed by atoms with Crippen LogP contribution in [-0.4, -0.2) is 47.4 Å². The summed E-state index contributed by atoms with van der Waals surface area (Å²) < 4.78 is 0. The third-order valence-corrected chi connectivity index (χ3v) is 7.26. The van der Waals surface area contributed by atoms with Crippen LogP contribution in [0, 0.1) is 0 Å². The SMILES string of the molecule is CCC(C)(CCc1ccc(Cl)cc1)N1Cc2cccc(C(=O)N3CCNCC3)c2C1. The molecule has 1 N–H and O–H groups in total. The minimum Gasteiger partial charge on any atom is -0.336 e. The van der Waals surface area contributed by atoms with Crippen molar-refractivity contribution in [2.24, 2.45) is 0 Å². The van der Waals surface area contributed by atoms with Gasteiger partial charge in [0, 0.05) is 55.4 Å². The smallest absolute Gasteiger partial charge is 0.254 e. The standard InChI is InChI=1S/C25H32ClN3O/c1-3-25(2,12-11-19-7-9-21(26)10-8-19)29-17-20-5-4-6-22(23(20)18-29)24(30)28-15-13-27-14-16-28/h4-10,27H,3,11-18H2,1-2H3. The maximum atomic E-state index is 13.2. The van der Waals surface area contributed by atoms with Gasteiger partial charge >= 0.3 is 0 Å². The van der Waals surface area contributed by atoms with Gasteiger partial charge in [0.1, 0.15) is 0 Å². The van der Waals surface area contributed by atoms with Gasteiger partial charge in [0.05, 0.1) is 0 Å². The number of hydrogen-bond donors (Lipinski definition) is 1. The molecule has 1 atom stereocenters. The summed E-state index contributed by atoms with van der Waals surface area (Å²) >= 11 is 6.04. The molecule has 160 valence electrons. The van der Waals surface area contributed by atoms with Gasteiger partial charge in [-0.05, 0) is 61.1 Å². The molecule has 1 unspecified atom stereocenters. The molecule has 0 saturated carbocycles. The van der Waals surface area contributed by atoms with Gasteiger partial charge in [-0.2, -0.15) is 0 Å². The van der Waals surface area contributed by atoms with Gasteiger partial charge in [-0.15, -0.1) is 0 Å². The molecule has 0 radical (unpaired) electrons. The number of benzene rings is 2. The van der Waals surface area contributed by atoms with Crippen molar-refractivity contribution >= 4 is 17.5 Å². The zero-order valence-corrected chi connectivity index (χ0v) is 18.8. The first kappa shape index (κ1) is 21.4. The van der Waals surface area contributed by atoms with Crippen LogP contribution in [0.15, 0.2) is 42.5 Å². The van der Waals surface area contributed by atoms with Gasteiger partial charge in [-0.1, -0.05) is 42.8 Å². The van der Waals surface area contributed by atoms with Crippen LogP contribution < -0.4 is 5.32 Å². The molecule has 2 heterocycles. The molecular formula is C25H32ClN3O. The van der Waals surface area contributed by atoms with E-state index in [2.05, 4.69) is 48.3 Å². The second-order valence-corrected chi connectivity index (χ2v) is 9.25. The molecular weight excluding hydrogens is 394 g/mol. The number of nitrogens with zero attached hydrogens (tertiary/aromatic N) is 2. The van der Waals surface area contributed by atoms with Gasteiger partial charge in [0.15, 0.2) is 0 Å². The molecule has 2 aromatic carbocycles. The monoisotopic (exact) mass is 425 g/mol. The quantitative estimate of drug-likeness (QED) is 0.739. The van der Waals surface area contributed by atoms with Crippen molar-refractivity contribution in [3.8, 4) is 0 Å². The number of carbonyl (C=O) groups is 1. The van der Waals surface area contributed by atoms with Crippen molar-refractivity contribution in [3.63, 3.8) is 0 Å². The van der Waals surface area contributed by atoms with Crippen LogP contribution in [0.5, 0.6) is 0 Å². The summed E-state index contributed by atoms with van der Waals surface area (Å²) in [6.07, 6.45) is 3.19. The van der Waals surface area contributed by atoms with Crippen LogP contribution in [-0.2, 0) is 19.5 Å². The zero-order chi connectivity index (χ0) is 21.1. The van der Waals surface area contributed by atoms with E-state index in [0.717, 1.165) is 69.1 Å². The van der Waals surface area contributed by atoms with E-state index in [1.807, 2.05) is 23.1 Å². The number of fused-ring (bicyclic) bond motifs is 1. The van der Waals surface area contributed by atoms with Crippen molar-refractivity contribution in [1.29, 1.82) is 0 Å². The molecule has 0 bridgehead atoms. The van der Waals surface area contributed by atoms with E-state index < -0.39 is 0 Å². The zero-order valence-electron chi connectivity index (χ0n) is 18.1. The molecule has 5 heteroatoms. The first-order valence-electron chi connectivity index (χ1n) is 11.1. The Hall–Kier alpha value is -1.88. The lowest BCUT2D eigenvalue weighted by molar-refractivity contribution is 0.0726. The number of carbonyl (C=O) groups excluding carboxylic acids is 1. The van der Waals surface area contributed by atoms with E-state index in [1.165, 1.54) is 16.7 Å². The van der Waals surface area contributed by atoms with E-state index in [9.17, 15) is 4.79 Å². The van der Waals surface area contributed by atoms with Gasteiger partial charge in [0.2, 0.25) is 0 Å². The molecule has 0 aromatic heterocycles. The molecule has 0 aliphatic carbocycles. The molecule has 2 aromatic rings. The number of hydrogen-bond acceptors (Lipinski definition) is 3. The lowest BCUT2D eigenvalue weighted by Gasteiger charge is -2.38. The van der Waals surface area contributed by atoms with E-state index in [0.29, 0.717) is 0 Å². The fourth-order valence-electron chi connectivity index (χ4n) is 4.67. The maximum absolute atomic E-state index is 13.2. The normalized spacial score (nSPS) is 18.8. The lowest BCUT2D eigenvalue weighted by Crippen LogP contribution is -2.46. The van der Waals surface area contributed by atoms with Gasteiger partial charge in [-0.25, -0.2) is 0 Å². The largest absolute Gasteiger partial charge is 0.336 e. The average Bonchev–Trinajstić information content (AvgIpc) is 3.24. The highest BCUT2D eigenvalue weighted by molar-refractivity contribution is 6.30. The van der Waals surface area contributed by atoms with Gasteiger partial charge in [0.25, 0.3) is 5.91 Å². The van der Waals surface area contributed by atoms with E-state index in [1.54, 1.807) is 0 Å². The minimum atomic E-state index is 0.0913. The van der Waals surface area contributed by atoms with Crippen LogP contribution in [0.25, 0.3) is 0 Å². The Labute approximate surface area is 185 Å². The summed E-state index contributed by atoms with van der Waals surface area (Å²) in [5, 5.41) is 4.11. The summed E-state index contributed by atoms with van der Waals surface area (Å²) in [6, 6.07) is 14.5. The molecule has 2 aliphatic heterocycles. The summed E-state index contributed by atoms with van der Waals surface area (Å²) in [5.74, 6) is 0.189. The minimum absolute atomic E-state index is 0.0913. The molecule has 4 nitrogen and oxygen atoms in total.